The molecule has 7 atom stereocenters. The number of thioether (sulfide) groups is 1. The number of ether oxygens (including phenoxy) is 4. The molecule has 14 heteroatoms. The number of alkyl halides is 1. The third-order valence-electron chi connectivity index (χ3n) is 10.1. The number of carbonyl (C=O) groups excluding carboxylic acids is 2. The van der Waals surface area contributed by atoms with Crippen LogP contribution in [0.25, 0.3) is 0 Å². The van der Waals surface area contributed by atoms with Gasteiger partial charge in [0.15, 0.2) is 29.7 Å². The molecular formula is C33H35FN4O8S. The van der Waals surface area contributed by atoms with Crippen molar-refractivity contribution in [2.75, 3.05) is 39.5 Å². The Hall–Kier alpha value is -4.19. The molecule has 248 valence electrons. The molecule has 7 rings (SSSR count). The molecule has 2 fully saturated rings. The molecule has 1 amide bonds. The number of nitrogens with one attached hydrogen (secondary N) is 1. The van der Waals surface area contributed by atoms with E-state index in [1.165, 1.54) is 18.9 Å². The molecule has 12 nitrogen and oxygen atoms in total. The van der Waals surface area contributed by atoms with E-state index < -0.39 is 54.0 Å². The van der Waals surface area contributed by atoms with E-state index in [2.05, 4.69) is 22.9 Å². The Morgan fingerprint density at radius 3 is 2.70 bits per heavy atom. The van der Waals surface area contributed by atoms with Crippen molar-refractivity contribution in [1.29, 1.82) is 5.26 Å². The van der Waals surface area contributed by atoms with Gasteiger partial charge < -0.3 is 34.5 Å². The van der Waals surface area contributed by atoms with Crippen LogP contribution in [0.5, 0.6) is 28.7 Å². The highest BCUT2D eigenvalue weighted by Crippen LogP contribution is 2.64. The number of cyclic esters (lactones) is 1. The lowest BCUT2D eigenvalue weighted by molar-refractivity contribution is -0.153. The molecule has 4 bridgehead atoms. The van der Waals surface area contributed by atoms with Crippen molar-refractivity contribution in [2.24, 2.45) is 0 Å². The molecule has 2 aromatic carbocycles. The SMILES string of the molecule is C=CCN1C2c3c(cc(C)c(OC)c3O)CC1[C@H](C#N)N1[C@H]2[C@@H]2SCC(NC(=O)CF)C(=O)OC[C@H]1c1c3c(c(C)c(O)c12)OCO3. The second-order valence-electron chi connectivity index (χ2n) is 12.4. The van der Waals surface area contributed by atoms with Crippen LogP contribution < -0.4 is 19.5 Å². The summed E-state index contributed by atoms with van der Waals surface area (Å²) in [6.45, 7) is 6.36. The van der Waals surface area contributed by atoms with Crippen LogP contribution in [0.3, 0.4) is 0 Å². The van der Waals surface area contributed by atoms with Crippen molar-refractivity contribution in [3.05, 3.63) is 52.1 Å². The van der Waals surface area contributed by atoms with Gasteiger partial charge in [0, 0.05) is 46.6 Å². The van der Waals surface area contributed by atoms with Gasteiger partial charge in [-0.05, 0) is 31.4 Å². The minimum Gasteiger partial charge on any atom is -0.507 e. The number of phenolic OH excluding ortho intramolecular Hbond substituents is 2. The third kappa shape index (κ3) is 4.54. The summed E-state index contributed by atoms with van der Waals surface area (Å²) in [6.07, 6.45) is 2.21. The molecular weight excluding hydrogens is 631 g/mol. The summed E-state index contributed by atoms with van der Waals surface area (Å²) >= 11 is 1.28. The van der Waals surface area contributed by atoms with Gasteiger partial charge in [-0.3, -0.25) is 14.6 Å². The van der Waals surface area contributed by atoms with Gasteiger partial charge in [-0.25, -0.2) is 9.18 Å². The first-order valence-electron chi connectivity index (χ1n) is 15.4. The molecule has 3 N–H and O–H groups in total. The highest BCUT2D eigenvalue weighted by molar-refractivity contribution is 7.99. The van der Waals surface area contributed by atoms with E-state index >= 15 is 0 Å². The number of fused-ring (bicyclic) bond motifs is 9. The topological polar surface area (TPSA) is 154 Å². The fraction of sp³-hybridized carbons (Fsp3) is 0.485. The number of hydrogen-bond donors (Lipinski definition) is 3. The number of carbonyl (C=O) groups is 2. The summed E-state index contributed by atoms with van der Waals surface area (Å²) in [6, 6.07) is 0.408. The van der Waals surface area contributed by atoms with Gasteiger partial charge in [0.05, 0.1) is 30.5 Å². The van der Waals surface area contributed by atoms with Crippen LogP contribution in [0.2, 0.25) is 0 Å². The molecule has 2 saturated heterocycles. The average Bonchev–Trinajstić information content (AvgIpc) is 3.55. The zero-order valence-electron chi connectivity index (χ0n) is 26.1. The predicted molar refractivity (Wildman–Crippen MR) is 167 cm³/mol. The van der Waals surface area contributed by atoms with Gasteiger partial charge >= 0.3 is 5.97 Å². The van der Waals surface area contributed by atoms with E-state index in [1.54, 1.807) is 13.0 Å². The first-order valence-corrected chi connectivity index (χ1v) is 16.4. The standard InChI is InChI=1S/C33H35FN4O8S/c1-5-6-37-18-8-16-7-14(2)29(43-4)28(41)22(16)25(37)26-32-24-23(31-30(45-13-46-31)15(3)27(24)40)20(38(26)19(18)10-35)11-44-33(42)17(12-47-32)36-21(39)9-34/h5,7,17-20,25-26,32,40-41H,1,6,8-9,11-13H2,2-4H3,(H,36,39)/t17?,18?,19-,20-,25?,26+,32+/m0/s1. The summed E-state index contributed by atoms with van der Waals surface area (Å²) in [5, 5.41) is 36.5. The van der Waals surface area contributed by atoms with E-state index in [4.69, 9.17) is 18.9 Å². The van der Waals surface area contributed by atoms with Crippen molar-refractivity contribution in [3.63, 3.8) is 0 Å². The van der Waals surface area contributed by atoms with Gasteiger partial charge in [0.25, 0.3) is 5.91 Å². The smallest absolute Gasteiger partial charge is 0.329 e. The molecule has 47 heavy (non-hydrogen) atoms. The van der Waals surface area contributed by atoms with Crippen LogP contribution in [0.1, 0.15) is 50.7 Å². The maximum absolute atomic E-state index is 13.4. The second kappa shape index (κ2) is 11.8. The maximum atomic E-state index is 13.4. The number of aromatic hydroxyl groups is 2. The highest BCUT2D eigenvalue weighted by atomic mass is 32.2. The number of amides is 1. The normalized spacial score (nSPS) is 29.1. The predicted octanol–water partition coefficient (Wildman–Crippen LogP) is 3.02. The van der Waals surface area contributed by atoms with Crippen LogP contribution >= 0.6 is 11.8 Å². The van der Waals surface area contributed by atoms with Crippen molar-refractivity contribution >= 4 is 23.6 Å². The zero-order valence-corrected chi connectivity index (χ0v) is 26.9. The first-order chi connectivity index (χ1) is 22.7. The number of aryl methyl sites for hydroxylation is 1. The van der Waals surface area contributed by atoms with Gasteiger partial charge in [0.2, 0.25) is 6.79 Å². The summed E-state index contributed by atoms with van der Waals surface area (Å²) in [7, 11) is 1.50. The van der Waals surface area contributed by atoms with Gasteiger partial charge in [-0.15, -0.1) is 18.3 Å². The quantitative estimate of drug-likeness (QED) is 0.318. The molecule has 5 aliphatic heterocycles. The van der Waals surface area contributed by atoms with Crippen molar-refractivity contribution in [3.8, 4) is 34.8 Å². The number of halogens is 1. The minimum absolute atomic E-state index is 0.000774. The number of rotatable bonds is 5. The van der Waals surface area contributed by atoms with Gasteiger partial charge in [0.1, 0.15) is 24.4 Å². The average molecular weight is 667 g/mol. The molecule has 3 unspecified atom stereocenters. The minimum atomic E-state index is -1.30. The van der Waals surface area contributed by atoms with Crippen molar-refractivity contribution in [2.45, 2.75) is 61.8 Å². The van der Waals surface area contributed by atoms with Gasteiger partial charge in [-0.1, -0.05) is 12.1 Å². The van der Waals surface area contributed by atoms with Crippen molar-refractivity contribution < 1.29 is 43.1 Å². The third-order valence-corrected chi connectivity index (χ3v) is 11.5. The Kier molecular flexibility index (Phi) is 7.89. The molecule has 0 radical (unpaired) electrons. The van der Waals surface area contributed by atoms with Crippen LogP contribution in [-0.4, -0.2) is 95.5 Å². The second-order valence-corrected chi connectivity index (χ2v) is 13.6. The molecule has 0 saturated carbocycles. The number of benzene rings is 2. The largest absolute Gasteiger partial charge is 0.507 e. The fourth-order valence-corrected chi connectivity index (χ4v) is 9.80. The number of phenols is 2. The Balaban J connectivity index is 1.52. The van der Waals surface area contributed by atoms with Gasteiger partial charge in [-0.2, -0.15) is 5.26 Å². The van der Waals surface area contributed by atoms with E-state index in [0.717, 1.165) is 11.1 Å². The zero-order chi connectivity index (χ0) is 33.3. The van der Waals surface area contributed by atoms with E-state index in [0.29, 0.717) is 52.5 Å². The Labute approximate surface area is 275 Å². The number of hydrogen-bond acceptors (Lipinski definition) is 12. The molecule has 2 aromatic rings. The summed E-state index contributed by atoms with van der Waals surface area (Å²) in [5.74, 6) is -0.591. The van der Waals surface area contributed by atoms with E-state index in [1.807, 2.05) is 17.9 Å². The number of esters is 1. The molecule has 0 aliphatic carbocycles. The molecule has 0 spiro atoms. The summed E-state index contributed by atoms with van der Waals surface area (Å²) in [4.78, 5) is 29.7. The van der Waals surface area contributed by atoms with Crippen LogP contribution in [0.4, 0.5) is 4.39 Å². The number of nitrogens with zero attached hydrogens (tertiary/aromatic N) is 3. The van der Waals surface area contributed by atoms with Crippen LogP contribution in [-0.2, 0) is 20.7 Å². The summed E-state index contributed by atoms with van der Waals surface area (Å²) in [5.41, 5.74) is 3.88. The molecule has 0 aromatic heterocycles. The Morgan fingerprint density at radius 2 is 2.00 bits per heavy atom. The first kappa shape index (κ1) is 31.4. The number of methoxy groups -OCH3 is 1. The molecule has 5 aliphatic rings. The maximum Gasteiger partial charge on any atom is 0.329 e. The molecule has 5 heterocycles. The lowest BCUT2D eigenvalue weighted by Crippen LogP contribution is -2.70. The van der Waals surface area contributed by atoms with E-state index in [-0.39, 0.29) is 36.7 Å². The van der Waals surface area contributed by atoms with Crippen molar-refractivity contribution in [1.82, 2.24) is 15.1 Å². The lowest BCUT2D eigenvalue weighted by Gasteiger charge is -2.62. The monoisotopic (exact) mass is 666 g/mol. The number of nitriles is 1. The fourth-order valence-electron chi connectivity index (χ4n) is 8.29. The summed E-state index contributed by atoms with van der Waals surface area (Å²) < 4.78 is 36.6. The van der Waals surface area contributed by atoms with E-state index in [9.17, 15) is 29.5 Å². The Bertz CT molecular complexity index is 1730. The van der Waals surface area contributed by atoms with Crippen LogP contribution in [0, 0.1) is 25.2 Å². The highest BCUT2D eigenvalue weighted by Gasteiger charge is 2.61. The van der Waals surface area contributed by atoms with Crippen LogP contribution in [0.15, 0.2) is 18.7 Å². The lowest BCUT2D eigenvalue weighted by atomic mass is 9.71. The number of piperazine rings is 1. The Morgan fingerprint density at radius 1 is 1.23 bits per heavy atom.